The van der Waals surface area contributed by atoms with Gasteiger partial charge in [-0.15, -0.1) is 0 Å². The summed E-state index contributed by atoms with van der Waals surface area (Å²) in [5.74, 6) is 3.07. The molecule has 12 rings (SSSR count). The van der Waals surface area contributed by atoms with Crippen molar-refractivity contribution in [3.63, 3.8) is 0 Å². The second-order valence-corrected chi connectivity index (χ2v) is 21.8. The van der Waals surface area contributed by atoms with Crippen LogP contribution < -0.4 is 4.90 Å². The van der Waals surface area contributed by atoms with Crippen molar-refractivity contribution in [2.75, 3.05) is 4.90 Å². The highest BCUT2D eigenvalue weighted by Crippen LogP contribution is 2.69. The van der Waals surface area contributed by atoms with Gasteiger partial charge in [0.2, 0.25) is 0 Å². The summed E-state index contributed by atoms with van der Waals surface area (Å²) in [5, 5.41) is 0. The highest BCUT2D eigenvalue weighted by Gasteiger charge is 2.61. The van der Waals surface area contributed by atoms with E-state index in [-0.39, 0.29) is 63.9 Å². The van der Waals surface area contributed by atoms with Crippen LogP contribution in [0, 0.1) is 23.7 Å². The van der Waals surface area contributed by atoms with Gasteiger partial charge >= 0.3 is 0 Å². The van der Waals surface area contributed by atoms with Crippen LogP contribution in [0.2, 0.25) is 0 Å². The van der Waals surface area contributed by atoms with Crippen molar-refractivity contribution < 1.29 is 8.22 Å². The van der Waals surface area contributed by atoms with Crippen molar-refractivity contribution in [1.29, 1.82) is 0 Å². The summed E-state index contributed by atoms with van der Waals surface area (Å²) in [6, 6.07) is 25.0. The van der Waals surface area contributed by atoms with Crippen molar-refractivity contribution >= 4 is 17.1 Å². The monoisotopic (exact) mass is 756 g/mol. The molecule has 1 spiro atoms. The lowest BCUT2D eigenvalue weighted by Gasteiger charge is -2.61. The predicted molar refractivity (Wildman–Crippen MR) is 240 cm³/mol. The number of hydrogen-bond donors (Lipinski definition) is 0. The van der Waals surface area contributed by atoms with Crippen molar-refractivity contribution in [2.24, 2.45) is 23.7 Å². The average Bonchev–Trinajstić information content (AvgIpc) is 3.52. The number of fused-ring (bicyclic) bond motifs is 5. The zero-order chi connectivity index (χ0) is 44.5. The molecule has 0 unspecified atom stereocenters. The third-order valence-corrected chi connectivity index (χ3v) is 16.5. The lowest BCUT2D eigenvalue weighted by atomic mass is 9.43. The molecule has 7 aliphatic rings. The third kappa shape index (κ3) is 5.18. The number of benzene rings is 5. The van der Waals surface area contributed by atoms with E-state index in [0.717, 1.165) is 70.9 Å². The van der Waals surface area contributed by atoms with Crippen LogP contribution in [0.1, 0.15) is 155 Å². The van der Waals surface area contributed by atoms with Gasteiger partial charge in [0.05, 0.1) is 8.22 Å². The van der Waals surface area contributed by atoms with Crippen LogP contribution in [-0.2, 0) is 27.1 Å². The van der Waals surface area contributed by atoms with Crippen LogP contribution in [0.4, 0.5) is 17.1 Å². The van der Waals surface area contributed by atoms with Gasteiger partial charge in [0.1, 0.15) is 0 Å². The Bertz CT molecular complexity index is 2650. The highest BCUT2D eigenvalue weighted by atomic mass is 15.1. The first-order valence-corrected chi connectivity index (χ1v) is 22.1. The summed E-state index contributed by atoms with van der Waals surface area (Å²) in [6.45, 7) is 17.1. The summed E-state index contributed by atoms with van der Waals surface area (Å²) in [5.41, 5.74) is 10.6. The van der Waals surface area contributed by atoms with Gasteiger partial charge in [0, 0.05) is 22.5 Å². The van der Waals surface area contributed by atoms with Gasteiger partial charge in [-0.25, -0.2) is 0 Å². The van der Waals surface area contributed by atoms with Crippen molar-refractivity contribution in [3.05, 3.63) is 136 Å². The summed E-state index contributed by atoms with van der Waals surface area (Å²) in [7, 11) is 0. The molecule has 0 saturated heterocycles. The van der Waals surface area contributed by atoms with E-state index in [1.165, 1.54) is 48.8 Å². The smallest absolute Gasteiger partial charge is 0.0648 e. The van der Waals surface area contributed by atoms with E-state index < -0.39 is 10.8 Å². The largest absolute Gasteiger partial charge is 0.310 e. The minimum Gasteiger partial charge on any atom is -0.310 e. The van der Waals surface area contributed by atoms with Gasteiger partial charge in [0.25, 0.3) is 0 Å². The maximum Gasteiger partial charge on any atom is 0.0648 e. The van der Waals surface area contributed by atoms with Crippen LogP contribution in [0.3, 0.4) is 0 Å². The quantitative estimate of drug-likeness (QED) is 0.177. The molecule has 5 aromatic rings. The SMILES string of the molecule is [2H]c1c([2H])c2c(c([2H])c1N(c1ccc(-c3ccc4c(c3)C3(c5ccccc5-4)C4CC5CC(C4)CC3C5)cc1)c1c([2H])c([2H])c3c(c1[2H])C(C)(C)CCC3(C)C)C(C)(C)CCC2(C)C. The van der Waals surface area contributed by atoms with Crippen LogP contribution >= 0.6 is 0 Å². The van der Waals surface area contributed by atoms with Crippen LogP contribution in [0.5, 0.6) is 0 Å². The fourth-order valence-corrected chi connectivity index (χ4v) is 13.3. The van der Waals surface area contributed by atoms with E-state index in [1.807, 2.05) is 12.1 Å². The number of rotatable bonds is 4. The van der Waals surface area contributed by atoms with Gasteiger partial charge in [-0.1, -0.05) is 116 Å². The van der Waals surface area contributed by atoms with E-state index in [4.69, 9.17) is 0 Å². The molecule has 5 aromatic carbocycles. The van der Waals surface area contributed by atoms with Crippen molar-refractivity contribution in [1.82, 2.24) is 0 Å². The first-order chi connectivity index (χ1) is 29.7. The summed E-state index contributed by atoms with van der Waals surface area (Å²) in [6.07, 6.45) is 10.1. The van der Waals surface area contributed by atoms with E-state index in [0.29, 0.717) is 17.5 Å². The first kappa shape index (κ1) is 30.0. The normalized spacial score (nSPS) is 30.2. The standard InChI is InChI=1S/C56H63N/c1-52(2)23-25-54(5,6)50-33-42(18-21-47(50)52)57(43-19-22-48-51(34-43)55(7,8)26-24-53(48,3)4)41-16-13-37(14-17-41)38-15-20-45-44-11-9-10-12-46(44)56(49(45)32-38)39-28-35-27-36(30-39)31-40(56)29-35/h9-22,32-36,39-40H,23-31H2,1-8H3/i18D,19D,21D,22D,33D,34D. The molecule has 0 heterocycles. The summed E-state index contributed by atoms with van der Waals surface area (Å²) in [4.78, 5) is 1.76. The third-order valence-electron chi connectivity index (χ3n) is 16.5. The van der Waals surface area contributed by atoms with Crippen molar-refractivity contribution in [3.8, 4) is 22.3 Å². The molecule has 0 amide bonds. The van der Waals surface area contributed by atoms with E-state index in [9.17, 15) is 8.22 Å². The maximum atomic E-state index is 10.1. The lowest BCUT2D eigenvalue weighted by molar-refractivity contribution is -0.0399. The van der Waals surface area contributed by atoms with Crippen LogP contribution in [0.15, 0.2) is 103 Å². The van der Waals surface area contributed by atoms with Crippen LogP contribution in [0.25, 0.3) is 22.3 Å². The van der Waals surface area contributed by atoms with E-state index in [1.54, 1.807) is 10.5 Å². The first-order valence-electron chi connectivity index (χ1n) is 25.1. The highest BCUT2D eigenvalue weighted by molar-refractivity contribution is 5.86. The average molecular weight is 756 g/mol. The molecule has 4 fully saturated rings. The molecule has 292 valence electrons. The van der Waals surface area contributed by atoms with E-state index in [2.05, 4.69) is 110 Å². The molecule has 7 aliphatic carbocycles. The summed E-state index contributed by atoms with van der Waals surface area (Å²) >= 11 is 0. The van der Waals surface area contributed by atoms with Gasteiger partial charge in [-0.2, -0.15) is 0 Å². The fourth-order valence-electron chi connectivity index (χ4n) is 13.3. The molecule has 0 aromatic heterocycles. The zero-order valence-electron chi connectivity index (χ0n) is 41.5. The second-order valence-electron chi connectivity index (χ2n) is 21.8. The predicted octanol–water partition coefficient (Wildman–Crippen LogP) is 15.2. The number of anilines is 3. The second kappa shape index (κ2) is 12.0. The maximum absolute atomic E-state index is 10.1. The van der Waals surface area contributed by atoms with Gasteiger partial charge in [0.15, 0.2) is 0 Å². The fraction of sp³-hybridized carbons (Fsp3) is 0.464. The Morgan fingerprint density at radius 2 is 0.930 bits per heavy atom. The number of nitrogens with zero attached hydrogens (tertiary/aromatic N) is 1. The molecule has 0 atom stereocenters. The molecule has 4 bridgehead atoms. The molecule has 0 N–H and O–H groups in total. The lowest BCUT2D eigenvalue weighted by Crippen LogP contribution is -2.55. The molecular weight excluding hydrogens is 687 g/mol. The minimum atomic E-state index is -0.423. The van der Waals surface area contributed by atoms with E-state index >= 15 is 0 Å². The Morgan fingerprint density at radius 3 is 1.47 bits per heavy atom. The minimum absolute atomic E-state index is 0.0573. The topological polar surface area (TPSA) is 3.24 Å². The Morgan fingerprint density at radius 1 is 0.456 bits per heavy atom. The Balaban J connectivity index is 1.11. The zero-order valence-corrected chi connectivity index (χ0v) is 35.5. The van der Waals surface area contributed by atoms with Gasteiger partial charge in [-0.05, 0) is 201 Å². The molecule has 0 aliphatic heterocycles. The Kier molecular flexibility index (Phi) is 6.31. The molecule has 1 nitrogen and oxygen atoms in total. The Hall–Kier alpha value is -4.10. The molecule has 1 heteroatoms. The van der Waals surface area contributed by atoms with Crippen molar-refractivity contribution in [2.45, 2.75) is 140 Å². The molecule has 4 saturated carbocycles. The molecular formula is C56H63N. The Labute approximate surface area is 351 Å². The molecule has 57 heavy (non-hydrogen) atoms. The number of hydrogen-bond acceptors (Lipinski definition) is 1. The molecule has 0 radical (unpaired) electrons. The van der Waals surface area contributed by atoms with Crippen LogP contribution in [-0.4, -0.2) is 0 Å². The van der Waals surface area contributed by atoms with Gasteiger partial charge < -0.3 is 4.90 Å². The van der Waals surface area contributed by atoms with Gasteiger partial charge in [-0.3, -0.25) is 0 Å². The summed E-state index contributed by atoms with van der Waals surface area (Å²) < 4.78 is 59.1.